The standard InChI is InChI=1S/C22H23N3OS/c1-16-7-9-18(10-8-16)21(26)24-22-23-13-20(27-22)15-25-12-11-19(14-25)17-5-3-2-4-6-17/h2-10,13,19H,11-12,14-15H2,1H3,(H,23,24,26)/t19-/m0/s1. The smallest absolute Gasteiger partial charge is 0.257 e. The maximum atomic E-state index is 12.3. The second-order valence-corrected chi connectivity index (χ2v) is 8.20. The second kappa shape index (κ2) is 8.03. The number of carbonyl (C=O) groups is 1. The number of likely N-dealkylation sites (tertiary alicyclic amines) is 1. The summed E-state index contributed by atoms with van der Waals surface area (Å²) >= 11 is 1.56. The highest BCUT2D eigenvalue weighted by Crippen LogP contribution is 2.29. The number of benzene rings is 2. The van der Waals surface area contributed by atoms with Crippen molar-refractivity contribution in [2.45, 2.75) is 25.8 Å². The molecule has 0 saturated carbocycles. The fourth-order valence-corrected chi connectivity index (χ4v) is 4.36. The summed E-state index contributed by atoms with van der Waals surface area (Å²) < 4.78 is 0. The third kappa shape index (κ3) is 4.43. The number of thiazole rings is 1. The summed E-state index contributed by atoms with van der Waals surface area (Å²) in [5, 5.41) is 3.57. The van der Waals surface area contributed by atoms with Gasteiger partial charge in [0.15, 0.2) is 5.13 Å². The van der Waals surface area contributed by atoms with Crippen LogP contribution in [0.15, 0.2) is 60.8 Å². The van der Waals surface area contributed by atoms with E-state index in [9.17, 15) is 4.79 Å². The van der Waals surface area contributed by atoms with E-state index in [1.54, 1.807) is 11.3 Å². The molecule has 4 rings (SSSR count). The molecule has 4 nitrogen and oxygen atoms in total. The lowest BCUT2D eigenvalue weighted by Crippen LogP contribution is -2.19. The molecule has 0 bridgehead atoms. The zero-order chi connectivity index (χ0) is 18.6. The van der Waals surface area contributed by atoms with Gasteiger partial charge < -0.3 is 0 Å². The van der Waals surface area contributed by atoms with Gasteiger partial charge in [-0.2, -0.15) is 0 Å². The first kappa shape index (κ1) is 17.9. The van der Waals surface area contributed by atoms with E-state index in [2.05, 4.69) is 45.5 Å². The minimum atomic E-state index is -0.110. The Balaban J connectivity index is 1.33. The van der Waals surface area contributed by atoms with Crippen molar-refractivity contribution in [1.29, 1.82) is 0 Å². The maximum absolute atomic E-state index is 12.3. The largest absolute Gasteiger partial charge is 0.298 e. The van der Waals surface area contributed by atoms with Crippen molar-refractivity contribution >= 4 is 22.4 Å². The third-order valence-electron chi connectivity index (χ3n) is 5.01. The molecule has 1 fully saturated rings. The van der Waals surface area contributed by atoms with E-state index < -0.39 is 0 Å². The van der Waals surface area contributed by atoms with Crippen molar-refractivity contribution in [3.8, 4) is 0 Å². The number of carbonyl (C=O) groups excluding carboxylic acids is 1. The molecule has 27 heavy (non-hydrogen) atoms. The van der Waals surface area contributed by atoms with Crippen LogP contribution in [0.2, 0.25) is 0 Å². The van der Waals surface area contributed by atoms with Gasteiger partial charge in [-0.25, -0.2) is 4.98 Å². The quantitative estimate of drug-likeness (QED) is 0.701. The summed E-state index contributed by atoms with van der Waals surface area (Å²) in [5.41, 5.74) is 3.22. The molecule has 1 aliphatic heterocycles. The van der Waals surface area contributed by atoms with Crippen molar-refractivity contribution < 1.29 is 4.79 Å². The van der Waals surface area contributed by atoms with Crippen molar-refractivity contribution in [2.24, 2.45) is 0 Å². The van der Waals surface area contributed by atoms with Crippen LogP contribution in [0, 0.1) is 6.92 Å². The molecule has 3 aromatic rings. The van der Waals surface area contributed by atoms with E-state index in [4.69, 9.17) is 0 Å². The molecule has 0 aliphatic carbocycles. The van der Waals surface area contributed by atoms with Crippen LogP contribution in [0.1, 0.15) is 38.7 Å². The number of nitrogens with zero attached hydrogens (tertiary/aromatic N) is 2. The van der Waals surface area contributed by atoms with E-state index in [1.807, 2.05) is 37.4 Å². The number of amides is 1. The van der Waals surface area contributed by atoms with E-state index in [0.29, 0.717) is 16.6 Å². The Bertz CT molecular complexity index is 905. The number of hydrogen-bond donors (Lipinski definition) is 1. The Morgan fingerprint density at radius 1 is 1.19 bits per heavy atom. The molecule has 1 atom stereocenters. The summed E-state index contributed by atoms with van der Waals surface area (Å²) in [5.74, 6) is 0.501. The normalized spacial score (nSPS) is 17.1. The van der Waals surface area contributed by atoms with Crippen molar-refractivity contribution in [3.05, 3.63) is 82.4 Å². The highest BCUT2D eigenvalue weighted by atomic mass is 32.1. The Labute approximate surface area is 163 Å². The lowest BCUT2D eigenvalue weighted by Gasteiger charge is -2.14. The molecular formula is C22H23N3OS. The topological polar surface area (TPSA) is 45.2 Å². The second-order valence-electron chi connectivity index (χ2n) is 7.08. The van der Waals surface area contributed by atoms with Gasteiger partial charge in [-0.3, -0.25) is 15.0 Å². The lowest BCUT2D eigenvalue weighted by molar-refractivity contribution is 0.102. The first-order valence-corrected chi connectivity index (χ1v) is 10.1. The third-order valence-corrected chi connectivity index (χ3v) is 5.91. The monoisotopic (exact) mass is 377 g/mol. The summed E-state index contributed by atoms with van der Waals surface area (Å²) in [6.45, 7) is 5.08. The fraction of sp³-hybridized carbons (Fsp3) is 0.273. The molecule has 1 aliphatic rings. The van der Waals surface area contributed by atoms with Gasteiger partial charge in [0.25, 0.3) is 5.91 Å². The van der Waals surface area contributed by atoms with Gasteiger partial charge in [0, 0.05) is 29.7 Å². The molecule has 1 aromatic heterocycles. The molecule has 1 saturated heterocycles. The molecule has 5 heteroatoms. The zero-order valence-electron chi connectivity index (χ0n) is 15.4. The zero-order valence-corrected chi connectivity index (χ0v) is 16.2. The van der Waals surface area contributed by atoms with Gasteiger partial charge in [0.05, 0.1) is 0 Å². The summed E-state index contributed by atoms with van der Waals surface area (Å²) in [7, 11) is 0. The Kier molecular flexibility index (Phi) is 5.32. The fourth-order valence-electron chi connectivity index (χ4n) is 3.51. The number of aromatic nitrogens is 1. The minimum absolute atomic E-state index is 0.110. The summed E-state index contributed by atoms with van der Waals surface area (Å²) in [6, 6.07) is 18.3. The van der Waals surface area contributed by atoms with Crippen LogP contribution in [0.25, 0.3) is 0 Å². The van der Waals surface area contributed by atoms with Crippen LogP contribution >= 0.6 is 11.3 Å². The summed E-state index contributed by atoms with van der Waals surface area (Å²) in [6.07, 6.45) is 3.07. The molecule has 2 heterocycles. The average molecular weight is 378 g/mol. The molecular weight excluding hydrogens is 354 g/mol. The van der Waals surface area contributed by atoms with Crippen LogP contribution in [0.3, 0.4) is 0 Å². The van der Waals surface area contributed by atoms with Gasteiger partial charge in [-0.1, -0.05) is 48.0 Å². The van der Waals surface area contributed by atoms with Gasteiger partial charge in [0.1, 0.15) is 0 Å². The van der Waals surface area contributed by atoms with E-state index >= 15 is 0 Å². The maximum Gasteiger partial charge on any atom is 0.257 e. The van der Waals surface area contributed by atoms with E-state index in [-0.39, 0.29) is 5.91 Å². The molecule has 0 radical (unpaired) electrons. The highest BCUT2D eigenvalue weighted by Gasteiger charge is 2.24. The first-order chi connectivity index (χ1) is 13.2. The van der Waals surface area contributed by atoms with Gasteiger partial charge in [-0.05, 0) is 43.5 Å². The van der Waals surface area contributed by atoms with Gasteiger partial charge >= 0.3 is 0 Å². The highest BCUT2D eigenvalue weighted by molar-refractivity contribution is 7.15. The molecule has 0 spiro atoms. The Hall–Kier alpha value is -2.50. The van der Waals surface area contributed by atoms with Crippen LogP contribution in [0.5, 0.6) is 0 Å². The van der Waals surface area contributed by atoms with Crippen molar-refractivity contribution in [1.82, 2.24) is 9.88 Å². The Morgan fingerprint density at radius 2 is 1.96 bits per heavy atom. The van der Waals surface area contributed by atoms with Gasteiger partial charge in [-0.15, -0.1) is 11.3 Å². The van der Waals surface area contributed by atoms with E-state index in [0.717, 1.165) is 25.2 Å². The minimum Gasteiger partial charge on any atom is -0.298 e. The van der Waals surface area contributed by atoms with E-state index in [1.165, 1.54) is 16.9 Å². The molecule has 1 amide bonds. The predicted molar refractivity (Wildman–Crippen MR) is 110 cm³/mol. The van der Waals surface area contributed by atoms with Crippen LogP contribution < -0.4 is 5.32 Å². The average Bonchev–Trinajstić information content (AvgIpc) is 3.33. The van der Waals surface area contributed by atoms with Crippen LogP contribution in [-0.4, -0.2) is 28.9 Å². The van der Waals surface area contributed by atoms with Crippen LogP contribution in [0.4, 0.5) is 5.13 Å². The lowest BCUT2D eigenvalue weighted by atomic mass is 9.99. The number of anilines is 1. The molecule has 0 unspecified atom stereocenters. The molecule has 2 aromatic carbocycles. The predicted octanol–water partition coefficient (Wildman–Crippen LogP) is 4.69. The van der Waals surface area contributed by atoms with Gasteiger partial charge in [0.2, 0.25) is 0 Å². The van der Waals surface area contributed by atoms with Crippen LogP contribution in [-0.2, 0) is 6.54 Å². The number of nitrogens with one attached hydrogen (secondary N) is 1. The molecule has 1 N–H and O–H groups in total. The first-order valence-electron chi connectivity index (χ1n) is 9.27. The number of aryl methyl sites for hydroxylation is 1. The Morgan fingerprint density at radius 3 is 2.74 bits per heavy atom. The number of rotatable bonds is 5. The van der Waals surface area contributed by atoms with Crippen molar-refractivity contribution in [2.75, 3.05) is 18.4 Å². The molecule has 138 valence electrons. The summed E-state index contributed by atoms with van der Waals surface area (Å²) in [4.78, 5) is 20.4. The number of hydrogen-bond acceptors (Lipinski definition) is 4. The van der Waals surface area contributed by atoms with Crippen molar-refractivity contribution in [3.63, 3.8) is 0 Å². The SMILES string of the molecule is Cc1ccc(C(=O)Nc2ncc(CN3CC[C@H](c4ccccc4)C3)s2)cc1.